The Bertz CT molecular complexity index is 793. The van der Waals surface area contributed by atoms with Crippen LogP contribution in [0, 0.1) is 5.92 Å². The highest BCUT2D eigenvalue weighted by atomic mass is 16.4. The summed E-state index contributed by atoms with van der Waals surface area (Å²) in [5.74, 6) is -0.490. The molecule has 2 saturated carbocycles. The molecule has 0 saturated heterocycles. The minimum Gasteiger partial charge on any atom is -0.480 e. The number of aryl methyl sites for hydroxylation is 2. The molecule has 0 aliphatic heterocycles. The molecular weight excluding hydrogens is 346 g/mol. The van der Waals surface area contributed by atoms with E-state index in [1.165, 1.54) is 12.8 Å². The van der Waals surface area contributed by atoms with Crippen LogP contribution < -0.4 is 10.9 Å². The van der Waals surface area contributed by atoms with Gasteiger partial charge in [-0.25, -0.2) is 0 Å². The maximum absolute atomic E-state index is 12.6. The van der Waals surface area contributed by atoms with Gasteiger partial charge >= 0.3 is 5.97 Å². The number of carbonyl (C=O) groups excluding carboxylic acids is 1. The Morgan fingerprint density at radius 2 is 1.96 bits per heavy atom. The van der Waals surface area contributed by atoms with E-state index in [9.17, 15) is 14.4 Å². The highest BCUT2D eigenvalue weighted by Gasteiger charge is 2.38. The molecule has 3 aliphatic rings. The number of aromatic amines is 1. The molecule has 3 N–H and O–H groups in total. The van der Waals surface area contributed by atoms with E-state index in [1.54, 1.807) is 6.07 Å². The van der Waals surface area contributed by atoms with Crippen LogP contribution in [-0.2, 0) is 17.6 Å². The highest BCUT2D eigenvalue weighted by Crippen LogP contribution is 2.33. The lowest BCUT2D eigenvalue weighted by Gasteiger charge is -2.42. The minimum atomic E-state index is -0.802. The Hall–Kier alpha value is -2.15. The number of amides is 1. The van der Waals surface area contributed by atoms with E-state index in [4.69, 9.17) is 5.11 Å². The van der Waals surface area contributed by atoms with Crippen molar-refractivity contribution in [1.82, 2.24) is 15.2 Å². The first-order valence-electron chi connectivity index (χ1n) is 10.0. The fraction of sp³-hybridized carbons (Fsp3) is 0.650. The molecule has 1 heterocycles. The topological polar surface area (TPSA) is 102 Å². The number of aromatic nitrogens is 1. The molecule has 1 amide bonds. The smallest absolute Gasteiger partial charge is 0.317 e. The zero-order valence-electron chi connectivity index (χ0n) is 15.5. The summed E-state index contributed by atoms with van der Waals surface area (Å²) < 4.78 is 0. The van der Waals surface area contributed by atoms with E-state index in [0.29, 0.717) is 5.92 Å². The Balaban J connectivity index is 1.34. The third-order valence-corrected chi connectivity index (χ3v) is 6.08. The molecule has 0 bridgehead atoms. The first kappa shape index (κ1) is 18.2. The summed E-state index contributed by atoms with van der Waals surface area (Å²) >= 11 is 0. The van der Waals surface area contributed by atoms with Crippen LogP contribution in [-0.4, -0.2) is 52.0 Å². The molecule has 7 nitrogen and oxygen atoms in total. The molecule has 3 aliphatic carbocycles. The molecule has 2 fully saturated rings. The molecule has 0 atom stereocenters. The number of carbonyl (C=O) groups is 2. The van der Waals surface area contributed by atoms with Crippen molar-refractivity contribution in [2.24, 2.45) is 5.92 Å². The zero-order chi connectivity index (χ0) is 19.0. The van der Waals surface area contributed by atoms with E-state index in [0.717, 1.165) is 56.3 Å². The molecule has 0 unspecified atom stereocenters. The average Bonchev–Trinajstić information content (AvgIpc) is 3.40. The van der Waals surface area contributed by atoms with Crippen LogP contribution in [0.15, 0.2) is 10.9 Å². The van der Waals surface area contributed by atoms with Crippen LogP contribution in [0.25, 0.3) is 0 Å². The highest BCUT2D eigenvalue weighted by molar-refractivity contribution is 5.94. The van der Waals surface area contributed by atoms with Crippen molar-refractivity contribution in [3.8, 4) is 0 Å². The number of fused-ring (bicyclic) bond motifs is 1. The number of aliphatic carboxylic acids is 1. The Labute approximate surface area is 158 Å². The molecule has 0 spiro atoms. The normalized spacial score (nSPS) is 24.2. The lowest BCUT2D eigenvalue weighted by Crippen LogP contribution is -2.55. The van der Waals surface area contributed by atoms with Crippen molar-refractivity contribution in [3.05, 3.63) is 33.2 Å². The van der Waals surface area contributed by atoms with E-state index in [1.807, 2.05) is 4.90 Å². The summed E-state index contributed by atoms with van der Waals surface area (Å²) in [6.45, 7) is 0.897. The van der Waals surface area contributed by atoms with Gasteiger partial charge in [-0.15, -0.1) is 0 Å². The Morgan fingerprint density at radius 3 is 2.67 bits per heavy atom. The summed E-state index contributed by atoms with van der Waals surface area (Å²) in [4.78, 5) is 40.8. The molecule has 4 rings (SSSR count). The summed E-state index contributed by atoms with van der Waals surface area (Å²) in [6, 6.07) is 1.96. The largest absolute Gasteiger partial charge is 0.480 e. The average molecular weight is 373 g/mol. The predicted molar refractivity (Wildman–Crippen MR) is 99.9 cm³/mol. The second-order valence-electron chi connectivity index (χ2n) is 8.29. The molecular formula is C20H27N3O4. The molecule has 1 aromatic rings. The first-order valence-corrected chi connectivity index (χ1v) is 10.0. The van der Waals surface area contributed by atoms with Gasteiger partial charge in [-0.3, -0.25) is 19.3 Å². The first-order chi connectivity index (χ1) is 13.0. The van der Waals surface area contributed by atoms with Crippen molar-refractivity contribution < 1.29 is 14.7 Å². The summed E-state index contributed by atoms with van der Waals surface area (Å²) in [7, 11) is 0. The third-order valence-electron chi connectivity index (χ3n) is 6.08. The molecule has 7 heteroatoms. The van der Waals surface area contributed by atoms with Crippen LogP contribution in [0.4, 0.5) is 0 Å². The number of carboxylic acids is 1. The van der Waals surface area contributed by atoms with Crippen LogP contribution >= 0.6 is 0 Å². The standard InChI is InChI=1S/C20H27N3O4/c24-18(25)11-23(10-12-5-6-12)15-8-14(9-15)21-19(26)16-7-13-3-1-2-4-17(13)22-20(16)27/h7,12,14-15H,1-6,8-11H2,(H,21,26)(H,22,27)(H,24,25). The fourth-order valence-corrected chi connectivity index (χ4v) is 4.26. The summed E-state index contributed by atoms with van der Waals surface area (Å²) in [6.07, 6.45) is 7.80. The number of pyridine rings is 1. The number of hydrogen-bond acceptors (Lipinski definition) is 4. The van der Waals surface area contributed by atoms with Gasteiger partial charge in [0.2, 0.25) is 0 Å². The van der Waals surface area contributed by atoms with Gasteiger partial charge in [0.1, 0.15) is 5.56 Å². The van der Waals surface area contributed by atoms with Gasteiger partial charge in [0.05, 0.1) is 6.54 Å². The molecule has 1 aromatic heterocycles. The fourth-order valence-electron chi connectivity index (χ4n) is 4.26. The Morgan fingerprint density at radius 1 is 1.22 bits per heavy atom. The van der Waals surface area contributed by atoms with Gasteiger partial charge in [0, 0.05) is 24.3 Å². The third kappa shape index (κ3) is 4.24. The van der Waals surface area contributed by atoms with E-state index in [2.05, 4.69) is 10.3 Å². The van der Waals surface area contributed by atoms with Gasteiger partial charge in [0.25, 0.3) is 11.5 Å². The SMILES string of the molecule is O=C(O)CN(CC1CC1)C1CC(NC(=O)c2cc3c([nH]c2=O)CCCC3)C1. The number of rotatable bonds is 7. The number of hydrogen-bond donors (Lipinski definition) is 3. The maximum atomic E-state index is 12.6. The van der Waals surface area contributed by atoms with Crippen LogP contribution in [0.1, 0.15) is 60.1 Å². The zero-order valence-corrected chi connectivity index (χ0v) is 15.5. The molecule has 27 heavy (non-hydrogen) atoms. The van der Waals surface area contributed by atoms with Crippen molar-refractivity contribution in [2.75, 3.05) is 13.1 Å². The van der Waals surface area contributed by atoms with Gasteiger partial charge < -0.3 is 15.4 Å². The number of nitrogens with one attached hydrogen (secondary N) is 2. The van der Waals surface area contributed by atoms with Crippen LogP contribution in [0.5, 0.6) is 0 Å². The van der Waals surface area contributed by atoms with Gasteiger partial charge in [-0.1, -0.05) is 0 Å². The number of H-pyrrole nitrogens is 1. The van der Waals surface area contributed by atoms with Crippen molar-refractivity contribution in [1.29, 1.82) is 0 Å². The van der Waals surface area contributed by atoms with Crippen molar-refractivity contribution >= 4 is 11.9 Å². The number of carboxylic acid groups (broad SMARTS) is 1. The van der Waals surface area contributed by atoms with Gasteiger partial charge in [-0.05, 0) is 68.9 Å². The molecule has 146 valence electrons. The van der Waals surface area contributed by atoms with E-state index < -0.39 is 5.97 Å². The molecule has 0 aromatic carbocycles. The Kier molecular flexibility index (Phi) is 5.04. The lowest BCUT2D eigenvalue weighted by molar-refractivity contribution is -0.139. The van der Waals surface area contributed by atoms with Crippen LogP contribution in [0.2, 0.25) is 0 Å². The monoisotopic (exact) mass is 373 g/mol. The number of nitrogens with zero attached hydrogens (tertiary/aromatic N) is 1. The summed E-state index contributed by atoms with van der Waals surface area (Å²) in [5.41, 5.74) is 1.93. The quantitative estimate of drug-likeness (QED) is 0.669. The second kappa shape index (κ2) is 7.46. The predicted octanol–water partition coefficient (Wildman–Crippen LogP) is 1.31. The van der Waals surface area contributed by atoms with Crippen LogP contribution in [0.3, 0.4) is 0 Å². The molecule has 0 radical (unpaired) electrons. The summed E-state index contributed by atoms with van der Waals surface area (Å²) in [5, 5.41) is 12.1. The minimum absolute atomic E-state index is 0.00781. The maximum Gasteiger partial charge on any atom is 0.317 e. The lowest BCUT2D eigenvalue weighted by atomic mass is 9.85. The van der Waals surface area contributed by atoms with Gasteiger partial charge in [0.15, 0.2) is 0 Å². The van der Waals surface area contributed by atoms with Crippen molar-refractivity contribution in [3.63, 3.8) is 0 Å². The van der Waals surface area contributed by atoms with E-state index >= 15 is 0 Å². The second-order valence-corrected chi connectivity index (χ2v) is 8.29. The van der Waals surface area contributed by atoms with E-state index in [-0.39, 0.29) is 35.7 Å². The van der Waals surface area contributed by atoms with Gasteiger partial charge in [-0.2, -0.15) is 0 Å². The van der Waals surface area contributed by atoms with Crippen molar-refractivity contribution in [2.45, 2.75) is 63.5 Å².